The van der Waals surface area contributed by atoms with Gasteiger partial charge in [-0.05, 0) is 25.7 Å². The third-order valence-electron chi connectivity index (χ3n) is 5.17. The van der Waals surface area contributed by atoms with Crippen LogP contribution in [0.3, 0.4) is 0 Å². The fourth-order valence-electron chi connectivity index (χ4n) is 2.43. The minimum absolute atomic E-state index is 0. The first kappa shape index (κ1) is 51.7. The van der Waals surface area contributed by atoms with Crippen LogP contribution in [0.25, 0.3) is 0 Å². The van der Waals surface area contributed by atoms with E-state index in [0.29, 0.717) is 0 Å². The van der Waals surface area contributed by atoms with Gasteiger partial charge in [0.15, 0.2) is 0 Å². The molecule has 0 amide bonds. The Morgan fingerprint density at radius 1 is 0.697 bits per heavy atom. The zero-order valence-corrected chi connectivity index (χ0v) is 27.8. The first-order valence-electron chi connectivity index (χ1n) is 11.3. The molecule has 2 nitrogen and oxygen atoms in total. The maximum atomic E-state index is 4.94. The largest absolute Gasteiger partial charge is 3.00 e. The molecule has 2 aliphatic heterocycles. The van der Waals surface area contributed by atoms with E-state index in [4.69, 9.17) is 9.47 Å². The summed E-state index contributed by atoms with van der Waals surface area (Å²) in [4.78, 5) is 0. The monoisotopic (exact) mass is 570 g/mol. The number of hydrogen-bond donors (Lipinski definition) is 0. The zero-order valence-electron chi connectivity index (χ0n) is 30.7. The van der Waals surface area contributed by atoms with Gasteiger partial charge in [-0.1, -0.05) is 61.3 Å². The van der Waals surface area contributed by atoms with Crippen LogP contribution in [0.5, 0.6) is 0 Å². The summed E-state index contributed by atoms with van der Waals surface area (Å²) in [6.45, 7) is 26.4. The van der Waals surface area contributed by atoms with Crippen molar-refractivity contribution in [1.29, 1.82) is 0 Å². The first-order chi connectivity index (χ1) is 13.4. The average Bonchev–Trinajstić information content (AvgIpc) is 3.51. The minimum atomic E-state index is 0. The fraction of sp³-hybridized carbons (Fsp3) is 0.731. The SMILES string of the molecule is C1CCOC1.C1CCOC1.Cc1c(C)c(C)[c-](C)c1C.[Al+3].[Al+3].[CH2-]CCC.[CH2-]CCC.[H-].[H-].[H-].[H-].[H-].[H-].[H-].[Li+].[Li+].[Ru+2]. The van der Waals surface area contributed by atoms with Crippen LogP contribution in [-0.4, -0.2) is 61.1 Å². The van der Waals surface area contributed by atoms with Crippen molar-refractivity contribution in [2.45, 2.75) is 99.8 Å². The van der Waals surface area contributed by atoms with Crippen LogP contribution < -0.4 is 37.7 Å². The van der Waals surface area contributed by atoms with Crippen molar-refractivity contribution in [3.8, 4) is 0 Å². The van der Waals surface area contributed by atoms with E-state index in [9.17, 15) is 0 Å². The summed E-state index contributed by atoms with van der Waals surface area (Å²) in [6, 6.07) is 0. The van der Waals surface area contributed by atoms with E-state index in [2.05, 4.69) is 62.3 Å². The topological polar surface area (TPSA) is 18.5 Å². The molecule has 0 bridgehead atoms. The van der Waals surface area contributed by atoms with Crippen molar-refractivity contribution >= 4 is 34.7 Å². The van der Waals surface area contributed by atoms with E-state index in [-0.39, 0.29) is 102 Å². The molecule has 0 N–H and O–H groups in total. The van der Waals surface area contributed by atoms with E-state index in [1.54, 1.807) is 0 Å². The number of ether oxygens (including phenoxy) is 2. The summed E-state index contributed by atoms with van der Waals surface area (Å²) in [5, 5.41) is 0. The number of unbranched alkanes of at least 4 members (excludes halogenated alkanes) is 2. The maximum absolute atomic E-state index is 4.94. The van der Waals surface area contributed by atoms with Crippen molar-refractivity contribution in [3.05, 3.63) is 41.7 Å². The van der Waals surface area contributed by atoms with Gasteiger partial charge in [0.1, 0.15) is 0 Å². The minimum Gasteiger partial charge on any atom is -1.00 e. The summed E-state index contributed by atoms with van der Waals surface area (Å²) in [5.41, 5.74) is 7.34. The standard InChI is InChI=1S/C10H15.2C4H8O.2C4H9.2Al.2Li.Ru.7H/c1-6-7(2)9(4)10(5)8(6)3;2*1-2-4-5-3-1;2*1-3-4-2;;;;;;;;;;;;/h1-5H3;2*1-4H2;2*1,3-4H2,2H3;;;;;;;;;;;;/q-1;;;2*-1;2*+3;2*+1;+2;7*-1. The van der Waals surface area contributed by atoms with Crippen molar-refractivity contribution < 1.29 is 76.7 Å². The van der Waals surface area contributed by atoms with Gasteiger partial charge in [-0.25, -0.2) is 0 Å². The van der Waals surface area contributed by atoms with Crippen LogP contribution in [0.1, 0.15) is 103 Å². The van der Waals surface area contributed by atoms with Gasteiger partial charge in [-0.15, -0.1) is 0 Å². The molecule has 0 atom stereocenters. The molecule has 0 aromatic heterocycles. The molecule has 2 saturated heterocycles. The fourth-order valence-corrected chi connectivity index (χ4v) is 2.43. The Labute approximate surface area is 277 Å². The van der Waals surface area contributed by atoms with E-state index in [0.717, 1.165) is 39.3 Å². The Morgan fingerprint density at radius 2 is 0.909 bits per heavy atom. The second-order valence-electron chi connectivity index (χ2n) is 7.47. The van der Waals surface area contributed by atoms with Crippen molar-refractivity contribution in [1.82, 2.24) is 0 Å². The zero-order chi connectivity index (χ0) is 21.8. The molecule has 1 aromatic carbocycles. The van der Waals surface area contributed by atoms with Gasteiger partial charge in [0.05, 0.1) is 0 Å². The van der Waals surface area contributed by atoms with Gasteiger partial charge < -0.3 is 33.3 Å². The van der Waals surface area contributed by atoms with Gasteiger partial charge in [0.2, 0.25) is 0 Å². The van der Waals surface area contributed by atoms with Crippen LogP contribution in [0, 0.1) is 48.5 Å². The number of hydrogen-bond acceptors (Lipinski definition) is 2. The van der Waals surface area contributed by atoms with Gasteiger partial charge >= 0.3 is 91.9 Å². The predicted molar refractivity (Wildman–Crippen MR) is 146 cm³/mol. The summed E-state index contributed by atoms with van der Waals surface area (Å²) in [6.07, 6.45) is 9.67. The van der Waals surface area contributed by atoms with E-state index < -0.39 is 0 Å². The molecule has 7 heteroatoms. The van der Waals surface area contributed by atoms with Crippen LogP contribution in [0.2, 0.25) is 0 Å². The normalized spacial score (nSPS) is 12.3. The molecule has 0 unspecified atom stereocenters. The summed E-state index contributed by atoms with van der Waals surface area (Å²) >= 11 is 0. The predicted octanol–water partition coefficient (Wildman–Crippen LogP) is 1.81. The van der Waals surface area contributed by atoms with Crippen LogP contribution in [0.4, 0.5) is 0 Å². The van der Waals surface area contributed by atoms with Crippen molar-refractivity contribution in [2.24, 2.45) is 0 Å². The molecule has 188 valence electrons. The molecule has 0 saturated carbocycles. The van der Waals surface area contributed by atoms with Gasteiger partial charge in [-0.2, -0.15) is 40.7 Å². The molecule has 3 rings (SSSR count). The van der Waals surface area contributed by atoms with Crippen LogP contribution >= 0.6 is 0 Å². The molecule has 33 heavy (non-hydrogen) atoms. The van der Waals surface area contributed by atoms with Crippen LogP contribution in [-0.2, 0) is 29.0 Å². The molecule has 2 aliphatic rings. The van der Waals surface area contributed by atoms with Crippen molar-refractivity contribution in [2.75, 3.05) is 26.4 Å². The molecular weight excluding hydrogens is 513 g/mol. The first-order valence-corrected chi connectivity index (χ1v) is 11.3. The van der Waals surface area contributed by atoms with Gasteiger partial charge in [0, 0.05) is 26.4 Å². The second kappa shape index (κ2) is 38.7. The average molecular weight is 570 g/mol. The Hall–Kier alpha value is 2.15. The third kappa shape index (κ3) is 30.3. The second-order valence-corrected chi connectivity index (χ2v) is 7.47. The Kier molecular flexibility index (Phi) is 60.6. The summed E-state index contributed by atoms with van der Waals surface area (Å²) in [5.74, 6) is 0. The van der Waals surface area contributed by atoms with Gasteiger partial charge in [-0.3, -0.25) is 0 Å². The molecule has 0 aliphatic carbocycles. The quantitative estimate of drug-likeness (QED) is 0.400. The molecule has 2 heterocycles. The van der Waals surface area contributed by atoms with Gasteiger partial charge in [0.25, 0.3) is 0 Å². The Morgan fingerprint density at radius 3 is 0.970 bits per heavy atom. The summed E-state index contributed by atoms with van der Waals surface area (Å²) in [7, 11) is 0. The van der Waals surface area contributed by atoms with Crippen LogP contribution in [0.15, 0.2) is 0 Å². The van der Waals surface area contributed by atoms with E-state index >= 15 is 0 Å². The molecule has 1 aromatic rings. The van der Waals surface area contributed by atoms with E-state index in [1.165, 1.54) is 66.3 Å². The maximum Gasteiger partial charge on any atom is 3.00 e. The van der Waals surface area contributed by atoms with Crippen molar-refractivity contribution in [3.63, 3.8) is 0 Å². The Bertz CT molecular complexity index is 379. The molecule has 0 spiro atoms. The summed E-state index contributed by atoms with van der Waals surface area (Å²) < 4.78 is 9.89. The number of rotatable bonds is 2. The Balaban J connectivity index is -0.0000000170. The molecule has 0 radical (unpaired) electrons. The van der Waals surface area contributed by atoms with E-state index in [1.807, 2.05) is 0 Å². The molecular formula is C26H56Al2Li2O2Ru. The smallest absolute Gasteiger partial charge is 1.00 e. The third-order valence-corrected chi connectivity index (χ3v) is 5.17. The molecule has 2 fully saturated rings.